The van der Waals surface area contributed by atoms with Crippen molar-refractivity contribution < 1.29 is 15.3 Å². The fourth-order valence-electron chi connectivity index (χ4n) is 4.64. The molecule has 0 bridgehead atoms. The average molecular weight is 238 g/mol. The first-order valence-electron chi connectivity index (χ1n) is 6.66. The molecule has 0 heterocycles. The second kappa shape index (κ2) is 3.56. The maximum Gasteiger partial charge on any atom is 0.0830 e. The zero-order valence-corrected chi connectivity index (χ0v) is 10.6. The SMILES string of the molecule is C/C(CO)=C1/C[C@@H]2[C@H]3C[C@@H](O)[C@H](O)[C@@H](C)[C@@]23C1. The van der Waals surface area contributed by atoms with Gasteiger partial charge in [0.1, 0.15) is 0 Å². The number of rotatable bonds is 1. The van der Waals surface area contributed by atoms with Gasteiger partial charge in [-0.1, -0.05) is 12.5 Å². The number of hydrogen-bond donors (Lipinski definition) is 3. The quantitative estimate of drug-likeness (QED) is 0.599. The van der Waals surface area contributed by atoms with Crippen molar-refractivity contribution in [3.63, 3.8) is 0 Å². The van der Waals surface area contributed by atoms with Gasteiger partial charge in [-0.3, -0.25) is 0 Å². The molecule has 0 aliphatic heterocycles. The van der Waals surface area contributed by atoms with Crippen LogP contribution in [0.15, 0.2) is 11.1 Å². The first kappa shape index (κ1) is 11.7. The zero-order chi connectivity index (χ0) is 12.4. The van der Waals surface area contributed by atoms with Crippen LogP contribution < -0.4 is 0 Å². The summed E-state index contributed by atoms with van der Waals surface area (Å²) in [4.78, 5) is 0. The van der Waals surface area contributed by atoms with E-state index in [9.17, 15) is 15.3 Å². The molecule has 1 spiro atoms. The lowest BCUT2D eigenvalue weighted by atomic mass is 9.73. The summed E-state index contributed by atoms with van der Waals surface area (Å²) in [6, 6.07) is 0. The van der Waals surface area contributed by atoms with Gasteiger partial charge in [-0.15, -0.1) is 0 Å². The van der Waals surface area contributed by atoms with Crippen LogP contribution in [0.1, 0.15) is 33.1 Å². The van der Waals surface area contributed by atoms with Gasteiger partial charge in [-0.25, -0.2) is 0 Å². The van der Waals surface area contributed by atoms with E-state index in [1.165, 1.54) is 5.57 Å². The minimum absolute atomic E-state index is 0.155. The van der Waals surface area contributed by atoms with Crippen LogP contribution in [0, 0.1) is 23.2 Å². The van der Waals surface area contributed by atoms with E-state index in [0.29, 0.717) is 11.8 Å². The Morgan fingerprint density at radius 1 is 1.35 bits per heavy atom. The van der Waals surface area contributed by atoms with Gasteiger partial charge in [-0.05, 0) is 54.9 Å². The van der Waals surface area contributed by atoms with Gasteiger partial charge in [0, 0.05) is 0 Å². The van der Waals surface area contributed by atoms with Crippen molar-refractivity contribution in [2.75, 3.05) is 6.61 Å². The van der Waals surface area contributed by atoms with Crippen LogP contribution in [0.5, 0.6) is 0 Å². The summed E-state index contributed by atoms with van der Waals surface area (Å²) in [5.41, 5.74) is 2.74. The normalized spacial score (nSPS) is 55.2. The zero-order valence-electron chi connectivity index (χ0n) is 10.6. The molecule has 3 heteroatoms. The Morgan fingerprint density at radius 2 is 2.06 bits per heavy atom. The standard InChI is InChI=1S/C14H22O3/c1-7(6-15)9-3-10-11-4-12(16)13(17)8(2)14(10,11)5-9/h8,10-13,15-17H,3-6H2,1-2H3/b9-7+/t8-,10-,11-,12-,13-,14+/m1/s1. The summed E-state index contributed by atoms with van der Waals surface area (Å²) >= 11 is 0. The van der Waals surface area contributed by atoms with Crippen molar-refractivity contribution in [2.45, 2.75) is 45.3 Å². The predicted molar refractivity (Wildman–Crippen MR) is 64.2 cm³/mol. The third kappa shape index (κ3) is 1.33. The highest BCUT2D eigenvalue weighted by Gasteiger charge is 2.73. The summed E-state index contributed by atoms with van der Waals surface area (Å²) in [6.45, 7) is 4.24. The maximum atomic E-state index is 10.1. The molecule has 3 aliphatic rings. The van der Waals surface area contributed by atoms with Gasteiger partial charge in [0.05, 0.1) is 18.8 Å². The molecule has 3 nitrogen and oxygen atoms in total. The van der Waals surface area contributed by atoms with Crippen LogP contribution in [0.2, 0.25) is 0 Å². The second-order valence-electron chi connectivity index (χ2n) is 6.33. The van der Waals surface area contributed by atoms with Gasteiger partial charge in [0.25, 0.3) is 0 Å². The van der Waals surface area contributed by atoms with Crippen LogP contribution in [-0.2, 0) is 0 Å². The fourth-order valence-corrected chi connectivity index (χ4v) is 4.64. The predicted octanol–water partition coefficient (Wildman–Crippen LogP) is 1.08. The minimum Gasteiger partial charge on any atom is -0.392 e. The molecule has 0 radical (unpaired) electrons. The third-order valence-corrected chi connectivity index (χ3v) is 5.83. The first-order valence-corrected chi connectivity index (χ1v) is 6.66. The highest BCUT2D eigenvalue weighted by molar-refractivity contribution is 5.33. The smallest absolute Gasteiger partial charge is 0.0830 e. The van der Waals surface area contributed by atoms with Crippen LogP contribution in [0.25, 0.3) is 0 Å². The Hall–Kier alpha value is -0.380. The van der Waals surface area contributed by atoms with E-state index in [4.69, 9.17) is 0 Å². The molecule has 3 aliphatic carbocycles. The second-order valence-corrected chi connectivity index (χ2v) is 6.33. The lowest BCUT2D eigenvalue weighted by Gasteiger charge is -2.36. The van der Waals surface area contributed by atoms with E-state index in [-0.39, 0.29) is 17.9 Å². The first-order chi connectivity index (χ1) is 8.02. The summed E-state index contributed by atoms with van der Waals surface area (Å²) in [6.07, 6.45) is 1.77. The molecule has 0 aromatic rings. The molecule has 3 N–H and O–H groups in total. The maximum absolute atomic E-state index is 10.1. The van der Waals surface area contributed by atoms with Crippen molar-refractivity contribution in [1.29, 1.82) is 0 Å². The van der Waals surface area contributed by atoms with Crippen molar-refractivity contribution in [2.24, 2.45) is 23.2 Å². The molecule has 96 valence electrons. The molecule has 3 fully saturated rings. The summed E-state index contributed by atoms with van der Waals surface area (Å²) < 4.78 is 0. The van der Waals surface area contributed by atoms with E-state index in [2.05, 4.69) is 6.92 Å². The van der Waals surface area contributed by atoms with Crippen molar-refractivity contribution in [3.05, 3.63) is 11.1 Å². The summed E-state index contributed by atoms with van der Waals surface area (Å²) in [5, 5.41) is 29.1. The van der Waals surface area contributed by atoms with Crippen LogP contribution in [0.4, 0.5) is 0 Å². The average Bonchev–Trinajstić information content (AvgIpc) is 2.75. The molecular formula is C14H22O3. The van der Waals surface area contributed by atoms with Gasteiger partial charge in [0.15, 0.2) is 0 Å². The Labute approximate surface area is 102 Å². The molecule has 0 unspecified atom stereocenters. The van der Waals surface area contributed by atoms with E-state index in [1.807, 2.05) is 6.92 Å². The Balaban J connectivity index is 1.86. The minimum atomic E-state index is -0.565. The molecular weight excluding hydrogens is 216 g/mol. The van der Waals surface area contributed by atoms with Crippen LogP contribution in [0.3, 0.4) is 0 Å². The van der Waals surface area contributed by atoms with E-state index < -0.39 is 12.2 Å². The number of hydrogen-bond acceptors (Lipinski definition) is 3. The van der Waals surface area contributed by atoms with Crippen molar-refractivity contribution in [1.82, 2.24) is 0 Å². The van der Waals surface area contributed by atoms with Crippen molar-refractivity contribution >= 4 is 0 Å². The third-order valence-electron chi connectivity index (χ3n) is 5.83. The number of aliphatic hydroxyl groups is 3. The van der Waals surface area contributed by atoms with Gasteiger partial charge in [0.2, 0.25) is 0 Å². The molecule has 3 saturated carbocycles. The number of aliphatic hydroxyl groups excluding tert-OH is 3. The monoisotopic (exact) mass is 238 g/mol. The van der Waals surface area contributed by atoms with E-state index in [1.54, 1.807) is 0 Å². The lowest BCUT2D eigenvalue weighted by Crippen LogP contribution is -2.42. The molecule has 3 rings (SSSR count). The molecule has 0 amide bonds. The Kier molecular flexibility index (Phi) is 2.45. The summed E-state index contributed by atoms with van der Waals surface area (Å²) in [5.74, 6) is 1.43. The highest BCUT2D eigenvalue weighted by atomic mass is 16.3. The van der Waals surface area contributed by atoms with Gasteiger partial charge < -0.3 is 15.3 Å². The Bertz CT molecular complexity index is 376. The molecule has 0 aromatic heterocycles. The van der Waals surface area contributed by atoms with Gasteiger partial charge >= 0.3 is 0 Å². The Morgan fingerprint density at radius 3 is 2.71 bits per heavy atom. The van der Waals surface area contributed by atoms with Gasteiger partial charge in [-0.2, -0.15) is 0 Å². The molecule has 0 aromatic carbocycles. The molecule has 17 heavy (non-hydrogen) atoms. The topological polar surface area (TPSA) is 60.7 Å². The number of fused-ring (bicyclic) bond motifs is 1. The summed E-state index contributed by atoms with van der Waals surface area (Å²) in [7, 11) is 0. The molecule has 6 atom stereocenters. The highest BCUT2D eigenvalue weighted by Crippen LogP contribution is 2.77. The lowest BCUT2D eigenvalue weighted by molar-refractivity contribution is -0.0648. The molecule has 0 saturated heterocycles. The van der Waals surface area contributed by atoms with E-state index in [0.717, 1.165) is 24.8 Å². The van der Waals surface area contributed by atoms with E-state index >= 15 is 0 Å². The van der Waals surface area contributed by atoms with Crippen molar-refractivity contribution in [3.8, 4) is 0 Å². The largest absolute Gasteiger partial charge is 0.392 e. The fraction of sp³-hybridized carbons (Fsp3) is 0.857. The van der Waals surface area contributed by atoms with Crippen LogP contribution >= 0.6 is 0 Å². The van der Waals surface area contributed by atoms with Crippen LogP contribution in [-0.4, -0.2) is 34.1 Å². The number of allylic oxidation sites excluding steroid dienone is 1.